The van der Waals surface area contributed by atoms with Crippen LogP contribution in [0.25, 0.3) is 0 Å². The van der Waals surface area contributed by atoms with E-state index in [1.807, 2.05) is 13.8 Å². The first-order chi connectivity index (χ1) is 10.5. The van der Waals surface area contributed by atoms with E-state index < -0.39 is 6.03 Å². The number of hydrogen-bond acceptors (Lipinski definition) is 5. The number of hydrogen-bond donors (Lipinski definition) is 2. The van der Waals surface area contributed by atoms with Crippen LogP contribution in [0, 0.1) is 11.8 Å². The lowest BCUT2D eigenvalue weighted by Crippen LogP contribution is -2.47. The van der Waals surface area contributed by atoms with Gasteiger partial charge in [0.05, 0.1) is 19.8 Å². The minimum absolute atomic E-state index is 0.0715. The Morgan fingerprint density at radius 1 is 1.18 bits per heavy atom. The molecule has 0 unspecified atom stereocenters. The molecule has 2 fully saturated rings. The van der Waals surface area contributed by atoms with Crippen molar-refractivity contribution < 1.29 is 19.1 Å². The van der Waals surface area contributed by atoms with E-state index in [9.17, 15) is 9.59 Å². The Morgan fingerprint density at radius 2 is 1.82 bits per heavy atom. The van der Waals surface area contributed by atoms with Gasteiger partial charge >= 0.3 is 6.03 Å². The summed E-state index contributed by atoms with van der Waals surface area (Å²) in [7, 11) is 0. The van der Waals surface area contributed by atoms with E-state index in [2.05, 4.69) is 15.5 Å². The number of carbonyl (C=O) groups is 2. The standard InChI is InChI=1S/C15H27N3O4/c1-11(2)9-16-15(20)17-13(19)10-18-5-3-12(4-6-18)14-21-7-8-22-14/h11-12,14H,3-10H2,1-2H3,(H2,16,17,19,20). The van der Waals surface area contributed by atoms with Crippen molar-refractivity contribution in [3.05, 3.63) is 0 Å². The number of likely N-dealkylation sites (tertiary alicyclic amines) is 1. The van der Waals surface area contributed by atoms with Crippen LogP contribution in [0.2, 0.25) is 0 Å². The molecule has 2 aliphatic rings. The number of rotatable bonds is 5. The van der Waals surface area contributed by atoms with Crippen molar-refractivity contribution >= 4 is 11.9 Å². The van der Waals surface area contributed by atoms with E-state index in [-0.39, 0.29) is 18.7 Å². The first-order valence-electron chi connectivity index (χ1n) is 8.08. The second-order valence-electron chi connectivity index (χ2n) is 6.38. The van der Waals surface area contributed by atoms with Crippen LogP contribution in [0.1, 0.15) is 26.7 Å². The van der Waals surface area contributed by atoms with Crippen molar-refractivity contribution in [3.63, 3.8) is 0 Å². The summed E-state index contributed by atoms with van der Waals surface area (Å²) in [5, 5.41) is 5.04. The second kappa shape index (κ2) is 8.45. The van der Waals surface area contributed by atoms with E-state index in [0.717, 1.165) is 25.9 Å². The van der Waals surface area contributed by atoms with E-state index >= 15 is 0 Å². The summed E-state index contributed by atoms with van der Waals surface area (Å²) < 4.78 is 11.1. The van der Waals surface area contributed by atoms with Gasteiger partial charge in [0, 0.05) is 12.5 Å². The molecular formula is C15H27N3O4. The quantitative estimate of drug-likeness (QED) is 0.775. The van der Waals surface area contributed by atoms with Crippen molar-refractivity contribution in [3.8, 4) is 0 Å². The van der Waals surface area contributed by atoms with Crippen molar-refractivity contribution in [2.24, 2.45) is 11.8 Å². The largest absolute Gasteiger partial charge is 0.350 e. The molecule has 3 amide bonds. The summed E-state index contributed by atoms with van der Waals surface area (Å²) in [5.41, 5.74) is 0. The molecule has 0 saturated carbocycles. The fourth-order valence-electron chi connectivity index (χ4n) is 2.74. The van der Waals surface area contributed by atoms with Crippen molar-refractivity contribution in [1.82, 2.24) is 15.5 Å². The van der Waals surface area contributed by atoms with Crippen LogP contribution < -0.4 is 10.6 Å². The summed E-state index contributed by atoms with van der Waals surface area (Å²) in [5.74, 6) is 0.518. The van der Waals surface area contributed by atoms with Crippen LogP contribution in [0.5, 0.6) is 0 Å². The lowest BCUT2D eigenvalue weighted by molar-refractivity contribution is -0.122. The number of piperidine rings is 1. The van der Waals surface area contributed by atoms with Gasteiger partial charge < -0.3 is 14.8 Å². The third kappa shape index (κ3) is 5.55. The summed E-state index contributed by atoms with van der Waals surface area (Å²) >= 11 is 0. The van der Waals surface area contributed by atoms with Crippen LogP contribution in [-0.4, -0.2) is 62.5 Å². The zero-order chi connectivity index (χ0) is 15.9. The van der Waals surface area contributed by atoms with E-state index in [1.54, 1.807) is 0 Å². The van der Waals surface area contributed by atoms with Gasteiger partial charge in [-0.1, -0.05) is 13.8 Å². The minimum Gasteiger partial charge on any atom is -0.350 e. The topological polar surface area (TPSA) is 79.9 Å². The highest BCUT2D eigenvalue weighted by atomic mass is 16.7. The van der Waals surface area contributed by atoms with Gasteiger partial charge in [0.2, 0.25) is 5.91 Å². The highest BCUT2D eigenvalue weighted by molar-refractivity contribution is 5.95. The molecule has 0 aromatic heterocycles. The Kier molecular flexibility index (Phi) is 6.60. The highest BCUT2D eigenvalue weighted by Crippen LogP contribution is 2.25. The Bertz CT molecular complexity index is 375. The molecule has 2 saturated heterocycles. The fourth-order valence-corrected chi connectivity index (χ4v) is 2.74. The van der Waals surface area contributed by atoms with E-state index in [1.165, 1.54) is 0 Å². The van der Waals surface area contributed by atoms with Crippen molar-refractivity contribution in [2.75, 3.05) is 39.4 Å². The molecule has 0 atom stereocenters. The van der Waals surface area contributed by atoms with E-state index in [4.69, 9.17) is 9.47 Å². The Hall–Kier alpha value is -1.18. The number of amides is 3. The van der Waals surface area contributed by atoms with Gasteiger partial charge in [0.15, 0.2) is 6.29 Å². The third-order valence-electron chi connectivity index (χ3n) is 3.96. The minimum atomic E-state index is -0.415. The lowest BCUT2D eigenvalue weighted by atomic mass is 9.96. The predicted octanol–water partition coefficient (Wildman–Crippen LogP) is 0.553. The monoisotopic (exact) mass is 313 g/mol. The second-order valence-corrected chi connectivity index (χ2v) is 6.38. The molecule has 0 aliphatic carbocycles. The zero-order valence-electron chi connectivity index (χ0n) is 13.5. The molecule has 7 heteroatoms. The number of nitrogens with one attached hydrogen (secondary N) is 2. The highest BCUT2D eigenvalue weighted by Gasteiger charge is 2.30. The first-order valence-corrected chi connectivity index (χ1v) is 8.08. The number of nitrogens with zero attached hydrogens (tertiary/aromatic N) is 1. The van der Waals surface area contributed by atoms with Gasteiger partial charge in [-0.15, -0.1) is 0 Å². The molecule has 2 rings (SSSR count). The molecule has 0 radical (unpaired) electrons. The predicted molar refractivity (Wildman–Crippen MR) is 81.2 cm³/mol. The number of ether oxygens (including phenoxy) is 2. The fraction of sp³-hybridized carbons (Fsp3) is 0.867. The van der Waals surface area contributed by atoms with Crippen LogP contribution in [-0.2, 0) is 14.3 Å². The smallest absolute Gasteiger partial charge is 0.321 e. The maximum atomic E-state index is 11.8. The Morgan fingerprint density at radius 3 is 2.41 bits per heavy atom. The van der Waals surface area contributed by atoms with Crippen LogP contribution in [0.4, 0.5) is 4.79 Å². The number of urea groups is 1. The Balaban J connectivity index is 1.62. The average Bonchev–Trinajstić information content (AvgIpc) is 3.00. The first kappa shape index (κ1) is 17.2. The molecule has 0 bridgehead atoms. The van der Waals surface area contributed by atoms with Crippen molar-refractivity contribution in [1.29, 1.82) is 0 Å². The van der Waals surface area contributed by atoms with Gasteiger partial charge in [0.1, 0.15) is 0 Å². The molecule has 22 heavy (non-hydrogen) atoms. The number of imide groups is 1. The van der Waals surface area contributed by atoms with Crippen LogP contribution >= 0.6 is 0 Å². The average molecular weight is 313 g/mol. The van der Waals surface area contributed by atoms with Gasteiger partial charge in [-0.25, -0.2) is 4.79 Å². The van der Waals surface area contributed by atoms with Gasteiger partial charge in [-0.2, -0.15) is 0 Å². The molecule has 2 aliphatic heterocycles. The molecule has 0 aromatic rings. The molecule has 0 aromatic carbocycles. The molecular weight excluding hydrogens is 286 g/mol. The third-order valence-corrected chi connectivity index (χ3v) is 3.96. The SMILES string of the molecule is CC(C)CNC(=O)NC(=O)CN1CCC(C2OCCO2)CC1. The molecule has 126 valence electrons. The van der Waals surface area contributed by atoms with Gasteiger partial charge in [-0.3, -0.25) is 15.0 Å². The normalized spacial score (nSPS) is 21.2. The maximum absolute atomic E-state index is 11.8. The summed E-state index contributed by atoms with van der Waals surface area (Å²) in [6.45, 7) is 7.84. The van der Waals surface area contributed by atoms with Crippen LogP contribution in [0.15, 0.2) is 0 Å². The summed E-state index contributed by atoms with van der Waals surface area (Å²) in [6.07, 6.45) is 1.84. The van der Waals surface area contributed by atoms with E-state index in [0.29, 0.717) is 31.6 Å². The Labute approximate surface area is 131 Å². The van der Waals surface area contributed by atoms with Gasteiger partial charge in [0.25, 0.3) is 0 Å². The lowest BCUT2D eigenvalue weighted by Gasteiger charge is -2.33. The van der Waals surface area contributed by atoms with Crippen LogP contribution in [0.3, 0.4) is 0 Å². The zero-order valence-corrected chi connectivity index (χ0v) is 13.5. The summed E-state index contributed by atoms with van der Waals surface area (Å²) in [6, 6.07) is -0.415. The molecule has 2 heterocycles. The maximum Gasteiger partial charge on any atom is 0.321 e. The molecule has 7 nitrogen and oxygen atoms in total. The summed E-state index contributed by atoms with van der Waals surface area (Å²) in [4.78, 5) is 25.4. The molecule has 2 N–H and O–H groups in total. The van der Waals surface area contributed by atoms with Gasteiger partial charge in [-0.05, 0) is 31.8 Å². The number of carbonyl (C=O) groups excluding carboxylic acids is 2. The molecule has 0 spiro atoms. The van der Waals surface area contributed by atoms with Crippen molar-refractivity contribution in [2.45, 2.75) is 33.0 Å².